The van der Waals surface area contributed by atoms with Gasteiger partial charge in [0, 0.05) is 24.8 Å². The standard InChI is InChI=1S/C18H21FN2.ClH/c1-13-8-18(15-5-3-6-16(19)10-15)21(11-13)12-14-4-2-7-17(20)9-14;/h2-7,9-10,13,18H,8,11-12,20H2,1H3;1H. The summed E-state index contributed by atoms with van der Waals surface area (Å²) in [6, 6.07) is 15.3. The van der Waals surface area contributed by atoms with Crippen molar-refractivity contribution in [3.05, 3.63) is 65.5 Å². The van der Waals surface area contributed by atoms with Gasteiger partial charge in [-0.25, -0.2) is 4.39 Å². The van der Waals surface area contributed by atoms with Gasteiger partial charge in [0.1, 0.15) is 5.82 Å². The van der Waals surface area contributed by atoms with Crippen LogP contribution in [0.25, 0.3) is 0 Å². The molecule has 2 aromatic carbocycles. The molecule has 1 fully saturated rings. The van der Waals surface area contributed by atoms with E-state index in [1.165, 1.54) is 11.6 Å². The number of halogens is 2. The zero-order valence-corrected chi connectivity index (χ0v) is 13.5. The molecule has 1 aliphatic heterocycles. The van der Waals surface area contributed by atoms with E-state index in [-0.39, 0.29) is 24.3 Å². The first kappa shape index (κ1) is 16.8. The molecular formula is C18H22ClFN2. The summed E-state index contributed by atoms with van der Waals surface area (Å²) in [7, 11) is 0. The van der Waals surface area contributed by atoms with Crippen LogP contribution in [-0.2, 0) is 6.54 Å². The molecule has 0 bridgehead atoms. The summed E-state index contributed by atoms with van der Waals surface area (Å²) < 4.78 is 13.5. The quantitative estimate of drug-likeness (QED) is 0.849. The van der Waals surface area contributed by atoms with Crippen LogP contribution in [0.1, 0.15) is 30.5 Å². The zero-order valence-electron chi connectivity index (χ0n) is 12.7. The molecule has 3 rings (SSSR count). The zero-order chi connectivity index (χ0) is 14.8. The summed E-state index contributed by atoms with van der Waals surface area (Å²) in [5, 5.41) is 0. The van der Waals surface area contributed by atoms with E-state index in [9.17, 15) is 4.39 Å². The minimum absolute atomic E-state index is 0. The Morgan fingerprint density at radius 2 is 1.95 bits per heavy atom. The fourth-order valence-electron chi connectivity index (χ4n) is 3.29. The van der Waals surface area contributed by atoms with Crippen LogP contribution in [0.3, 0.4) is 0 Å². The maximum absolute atomic E-state index is 13.5. The van der Waals surface area contributed by atoms with Crippen molar-refractivity contribution in [3.8, 4) is 0 Å². The average molecular weight is 321 g/mol. The van der Waals surface area contributed by atoms with Crippen LogP contribution >= 0.6 is 12.4 Å². The second kappa shape index (κ2) is 7.12. The van der Waals surface area contributed by atoms with E-state index in [0.29, 0.717) is 5.92 Å². The third kappa shape index (κ3) is 3.79. The molecule has 0 aliphatic carbocycles. The number of nitrogens with zero attached hydrogens (tertiary/aromatic N) is 1. The van der Waals surface area contributed by atoms with Gasteiger partial charge in [-0.15, -0.1) is 12.4 Å². The van der Waals surface area contributed by atoms with Gasteiger partial charge >= 0.3 is 0 Å². The summed E-state index contributed by atoms with van der Waals surface area (Å²) >= 11 is 0. The minimum atomic E-state index is -0.157. The highest BCUT2D eigenvalue weighted by molar-refractivity contribution is 5.85. The van der Waals surface area contributed by atoms with Gasteiger partial charge in [0.15, 0.2) is 0 Å². The smallest absolute Gasteiger partial charge is 0.123 e. The van der Waals surface area contributed by atoms with Gasteiger partial charge in [0.2, 0.25) is 0 Å². The van der Waals surface area contributed by atoms with Crippen molar-refractivity contribution in [1.29, 1.82) is 0 Å². The summed E-state index contributed by atoms with van der Waals surface area (Å²) in [5.41, 5.74) is 8.94. The van der Waals surface area contributed by atoms with E-state index in [1.54, 1.807) is 12.1 Å². The normalized spacial score (nSPS) is 21.5. The van der Waals surface area contributed by atoms with E-state index < -0.39 is 0 Å². The molecule has 2 aromatic rings. The van der Waals surface area contributed by atoms with Crippen LogP contribution in [0.15, 0.2) is 48.5 Å². The summed E-state index contributed by atoms with van der Waals surface area (Å²) in [5.74, 6) is 0.468. The largest absolute Gasteiger partial charge is 0.399 e. The van der Waals surface area contributed by atoms with E-state index in [4.69, 9.17) is 5.73 Å². The predicted octanol–water partition coefficient (Wildman–Crippen LogP) is 4.41. The molecular weight excluding hydrogens is 299 g/mol. The van der Waals surface area contributed by atoms with Gasteiger partial charge < -0.3 is 5.73 Å². The Morgan fingerprint density at radius 3 is 2.68 bits per heavy atom. The number of rotatable bonds is 3. The molecule has 22 heavy (non-hydrogen) atoms. The molecule has 0 amide bonds. The third-order valence-electron chi connectivity index (χ3n) is 4.18. The molecule has 1 saturated heterocycles. The Balaban J connectivity index is 0.00000176. The van der Waals surface area contributed by atoms with Gasteiger partial charge in [-0.05, 0) is 47.7 Å². The molecule has 1 aliphatic rings. The van der Waals surface area contributed by atoms with E-state index >= 15 is 0 Å². The number of likely N-dealkylation sites (tertiary alicyclic amines) is 1. The van der Waals surface area contributed by atoms with E-state index in [2.05, 4.69) is 17.9 Å². The topological polar surface area (TPSA) is 29.3 Å². The van der Waals surface area contributed by atoms with E-state index in [1.807, 2.05) is 24.3 Å². The lowest BCUT2D eigenvalue weighted by atomic mass is 10.0. The van der Waals surface area contributed by atoms with Gasteiger partial charge in [0.05, 0.1) is 0 Å². The first-order valence-corrected chi connectivity index (χ1v) is 7.46. The van der Waals surface area contributed by atoms with Crippen LogP contribution in [0, 0.1) is 11.7 Å². The number of nitrogen functional groups attached to an aromatic ring is 1. The Bertz CT molecular complexity index is 632. The van der Waals surface area contributed by atoms with Gasteiger partial charge in [0.25, 0.3) is 0 Å². The first-order valence-electron chi connectivity index (χ1n) is 7.46. The van der Waals surface area contributed by atoms with Crippen LogP contribution in [0.2, 0.25) is 0 Å². The number of hydrogen-bond donors (Lipinski definition) is 1. The number of anilines is 1. The van der Waals surface area contributed by atoms with Crippen molar-refractivity contribution in [1.82, 2.24) is 4.90 Å². The first-order chi connectivity index (χ1) is 10.1. The Morgan fingerprint density at radius 1 is 1.18 bits per heavy atom. The Hall–Kier alpha value is -1.58. The molecule has 2 atom stereocenters. The number of nitrogens with two attached hydrogens (primary N) is 1. The number of benzene rings is 2. The van der Waals surface area contributed by atoms with Gasteiger partial charge in [-0.3, -0.25) is 4.90 Å². The fraction of sp³-hybridized carbons (Fsp3) is 0.333. The molecule has 1 heterocycles. The summed E-state index contributed by atoms with van der Waals surface area (Å²) in [4.78, 5) is 2.42. The highest BCUT2D eigenvalue weighted by Crippen LogP contribution is 2.36. The van der Waals surface area contributed by atoms with Crippen molar-refractivity contribution in [2.24, 2.45) is 5.92 Å². The maximum atomic E-state index is 13.5. The second-order valence-electron chi connectivity index (χ2n) is 6.09. The molecule has 0 radical (unpaired) electrons. The molecule has 2 unspecified atom stereocenters. The molecule has 0 aromatic heterocycles. The summed E-state index contributed by atoms with van der Waals surface area (Å²) in [6.45, 7) is 4.15. The predicted molar refractivity (Wildman–Crippen MR) is 91.4 cm³/mol. The molecule has 118 valence electrons. The van der Waals surface area contributed by atoms with Crippen LogP contribution < -0.4 is 5.73 Å². The van der Waals surface area contributed by atoms with Crippen LogP contribution in [0.4, 0.5) is 10.1 Å². The Labute approximate surface area is 137 Å². The Kier molecular flexibility index (Phi) is 5.43. The fourth-order valence-corrected chi connectivity index (χ4v) is 3.29. The monoisotopic (exact) mass is 320 g/mol. The lowest BCUT2D eigenvalue weighted by Crippen LogP contribution is -2.23. The van der Waals surface area contributed by atoms with Crippen molar-refractivity contribution in [3.63, 3.8) is 0 Å². The lowest BCUT2D eigenvalue weighted by molar-refractivity contribution is 0.245. The average Bonchev–Trinajstić information content (AvgIpc) is 2.79. The molecule has 4 heteroatoms. The van der Waals surface area contributed by atoms with Crippen molar-refractivity contribution < 1.29 is 4.39 Å². The molecule has 2 N–H and O–H groups in total. The SMILES string of the molecule is CC1CC(c2cccc(F)c2)N(Cc2cccc(N)c2)C1.Cl. The van der Waals surface area contributed by atoms with Gasteiger partial charge in [-0.2, -0.15) is 0 Å². The third-order valence-corrected chi connectivity index (χ3v) is 4.18. The van der Waals surface area contributed by atoms with Crippen molar-refractivity contribution in [2.75, 3.05) is 12.3 Å². The minimum Gasteiger partial charge on any atom is -0.399 e. The molecule has 2 nitrogen and oxygen atoms in total. The number of hydrogen-bond acceptors (Lipinski definition) is 2. The molecule has 0 saturated carbocycles. The molecule has 0 spiro atoms. The van der Waals surface area contributed by atoms with Crippen molar-refractivity contribution >= 4 is 18.1 Å². The second-order valence-corrected chi connectivity index (χ2v) is 6.09. The van der Waals surface area contributed by atoms with Crippen LogP contribution in [0.5, 0.6) is 0 Å². The highest BCUT2D eigenvalue weighted by Gasteiger charge is 2.30. The van der Waals surface area contributed by atoms with E-state index in [0.717, 1.165) is 30.8 Å². The summed E-state index contributed by atoms with van der Waals surface area (Å²) in [6.07, 6.45) is 1.08. The lowest BCUT2D eigenvalue weighted by Gasteiger charge is -2.25. The van der Waals surface area contributed by atoms with Crippen LogP contribution in [-0.4, -0.2) is 11.4 Å². The highest BCUT2D eigenvalue weighted by atomic mass is 35.5. The van der Waals surface area contributed by atoms with Gasteiger partial charge in [-0.1, -0.05) is 31.2 Å². The maximum Gasteiger partial charge on any atom is 0.123 e. The van der Waals surface area contributed by atoms with Crippen molar-refractivity contribution in [2.45, 2.75) is 25.9 Å².